The van der Waals surface area contributed by atoms with E-state index < -0.39 is 41.0 Å². The summed E-state index contributed by atoms with van der Waals surface area (Å²) in [6, 6.07) is 3.93. The zero-order valence-corrected chi connectivity index (χ0v) is 11.2. The molecule has 22 heavy (non-hydrogen) atoms. The van der Waals surface area contributed by atoms with E-state index in [-0.39, 0.29) is 5.46 Å². The molecule has 0 saturated heterocycles. The lowest BCUT2D eigenvalue weighted by Crippen LogP contribution is -2.50. The third kappa shape index (κ3) is 2.59. The minimum Gasteiger partial charge on any atom is -0.377 e. The predicted molar refractivity (Wildman–Crippen MR) is 72.8 cm³/mol. The number of nitrogens with zero attached hydrogens (tertiary/aromatic N) is 1. The third-order valence-corrected chi connectivity index (χ3v) is 3.30. The summed E-state index contributed by atoms with van der Waals surface area (Å²) >= 11 is 0. The van der Waals surface area contributed by atoms with E-state index in [9.17, 15) is 22.7 Å². The molecule has 0 spiro atoms. The van der Waals surface area contributed by atoms with Gasteiger partial charge in [-0.15, -0.1) is 0 Å². The van der Waals surface area contributed by atoms with Crippen LogP contribution in [0.2, 0.25) is 0 Å². The molecule has 0 saturated carbocycles. The molecule has 0 aliphatic heterocycles. The van der Waals surface area contributed by atoms with Crippen molar-refractivity contribution >= 4 is 13.3 Å². The number of aromatic nitrogens is 1. The van der Waals surface area contributed by atoms with E-state index in [4.69, 9.17) is 13.6 Å². The summed E-state index contributed by atoms with van der Waals surface area (Å²) in [4.78, 5) is 3.45. The zero-order valence-electron chi connectivity index (χ0n) is 11.2. The highest BCUT2D eigenvalue weighted by Gasteiger charge is 2.56. The minimum atomic E-state index is -4.02. The first kappa shape index (κ1) is 16.4. The average Bonchev–Trinajstić information content (AvgIpc) is 2.46. The Hall–Kier alpha value is -1.93. The second-order valence-electron chi connectivity index (χ2n) is 4.74. The van der Waals surface area contributed by atoms with Gasteiger partial charge in [-0.3, -0.25) is 4.98 Å². The maximum atomic E-state index is 14.6. The second kappa shape index (κ2) is 5.70. The van der Waals surface area contributed by atoms with Crippen LogP contribution in [0.1, 0.15) is 11.3 Å². The Balaban J connectivity index is 2.59. The Morgan fingerprint density at radius 3 is 2.36 bits per heavy atom. The summed E-state index contributed by atoms with van der Waals surface area (Å²) in [7, 11) is 5.37. The number of pyridine rings is 1. The standard InChI is InChI=1S/C14H11BF4N2O/c15-8-1-4-12(21-6-8)14(18,19)13(22,7-20)10-3-2-9(16)5-11(10)17/h1-6,22H,7,20H2/t13-/m0/s1. The van der Waals surface area contributed by atoms with Gasteiger partial charge in [0.15, 0.2) is 5.60 Å². The zero-order chi connectivity index (χ0) is 16.5. The van der Waals surface area contributed by atoms with Crippen molar-refractivity contribution < 1.29 is 22.7 Å². The number of rotatable bonds is 4. The van der Waals surface area contributed by atoms with Crippen LogP contribution in [-0.2, 0) is 11.5 Å². The third-order valence-electron chi connectivity index (χ3n) is 3.30. The highest BCUT2D eigenvalue weighted by molar-refractivity contribution is 6.32. The molecule has 2 radical (unpaired) electrons. The van der Waals surface area contributed by atoms with Crippen LogP contribution in [-0.4, -0.2) is 24.5 Å². The molecule has 2 aromatic rings. The summed E-state index contributed by atoms with van der Waals surface area (Å²) in [6.07, 6.45) is 0.973. The molecule has 0 bridgehead atoms. The highest BCUT2D eigenvalue weighted by atomic mass is 19.3. The fourth-order valence-electron chi connectivity index (χ4n) is 2.04. The fourth-order valence-corrected chi connectivity index (χ4v) is 2.04. The molecule has 1 aromatic heterocycles. The Bertz CT molecular complexity index is 681. The van der Waals surface area contributed by atoms with E-state index >= 15 is 0 Å². The van der Waals surface area contributed by atoms with Crippen molar-refractivity contribution in [2.24, 2.45) is 5.73 Å². The van der Waals surface area contributed by atoms with Gasteiger partial charge in [0.1, 0.15) is 25.2 Å². The van der Waals surface area contributed by atoms with Crippen LogP contribution in [0.4, 0.5) is 17.6 Å². The average molecular weight is 310 g/mol. The van der Waals surface area contributed by atoms with Crippen LogP contribution in [0.5, 0.6) is 0 Å². The van der Waals surface area contributed by atoms with Crippen LogP contribution >= 0.6 is 0 Å². The van der Waals surface area contributed by atoms with E-state index in [2.05, 4.69) is 4.98 Å². The molecule has 3 N–H and O–H groups in total. The van der Waals surface area contributed by atoms with Crippen molar-refractivity contribution in [3.8, 4) is 0 Å². The van der Waals surface area contributed by atoms with Gasteiger partial charge in [-0.1, -0.05) is 17.6 Å². The van der Waals surface area contributed by atoms with Crippen LogP contribution in [0.15, 0.2) is 36.5 Å². The van der Waals surface area contributed by atoms with Crippen LogP contribution in [0, 0.1) is 11.6 Å². The molecule has 0 fully saturated rings. The maximum absolute atomic E-state index is 14.6. The van der Waals surface area contributed by atoms with Gasteiger partial charge in [0.05, 0.1) is 0 Å². The first-order chi connectivity index (χ1) is 10.2. The topological polar surface area (TPSA) is 59.1 Å². The van der Waals surface area contributed by atoms with E-state index in [0.29, 0.717) is 6.07 Å². The van der Waals surface area contributed by atoms with Gasteiger partial charge in [-0.05, 0) is 12.1 Å². The van der Waals surface area contributed by atoms with Crippen molar-refractivity contribution in [3.05, 3.63) is 59.4 Å². The van der Waals surface area contributed by atoms with Gasteiger partial charge in [0.25, 0.3) is 0 Å². The molecule has 2 rings (SSSR count). The summed E-state index contributed by atoms with van der Waals surface area (Å²) in [5.41, 5.74) is 0.655. The number of hydrogen-bond donors (Lipinski definition) is 2. The fraction of sp³-hybridized carbons (Fsp3) is 0.214. The molecule has 3 nitrogen and oxygen atoms in total. The maximum Gasteiger partial charge on any atom is 0.323 e. The first-order valence-electron chi connectivity index (χ1n) is 6.20. The Morgan fingerprint density at radius 1 is 1.18 bits per heavy atom. The van der Waals surface area contributed by atoms with Crippen molar-refractivity contribution in [3.63, 3.8) is 0 Å². The van der Waals surface area contributed by atoms with E-state index in [0.717, 1.165) is 30.5 Å². The van der Waals surface area contributed by atoms with Gasteiger partial charge >= 0.3 is 5.92 Å². The van der Waals surface area contributed by atoms with Crippen molar-refractivity contribution in [2.45, 2.75) is 11.5 Å². The number of benzene rings is 1. The molecule has 0 aliphatic rings. The quantitative estimate of drug-likeness (QED) is 0.656. The molecule has 1 heterocycles. The van der Waals surface area contributed by atoms with Crippen molar-refractivity contribution in [1.29, 1.82) is 0 Å². The number of nitrogens with two attached hydrogens (primary N) is 1. The summed E-state index contributed by atoms with van der Waals surface area (Å²) < 4.78 is 56.0. The SMILES string of the molecule is [B]c1ccc(C(F)(F)[C@](O)(CN)c2ccc(F)cc2F)nc1. The Kier molecular flexibility index (Phi) is 4.26. The molecule has 0 unspecified atom stereocenters. The normalized spacial score (nSPS) is 14.6. The van der Waals surface area contributed by atoms with Crippen LogP contribution < -0.4 is 11.2 Å². The van der Waals surface area contributed by atoms with Crippen molar-refractivity contribution in [2.75, 3.05) is 6.54 Å². The lowest BCUT2D eigenvalue weighted by atomic mass is 9.84. The van der Waals surface area contributed by atoms with Crippen LogP contribution in [0.3, 0.4) is 0 Å². The minimum absolute atomic E-state index is 0.142. The molecule has 0 aliphatic carbocycles. The molecule has 0 amide bonds. The number of hydrogen-bond acceptors (Lipinski definition) is 3. The second-order valence-corrected chi connectivity index (χ2v) is 4.74. The largest absolute Gasteiger partial charge is 0.377 e. The van der Waals surface area contributed by atoms with E-state index in [1.165, 1.54) is 0 Å². The number of aliphatic hydroxyl groups is 1. The van der Waals surface area contributed by atoms with Gasteiger partial charge < -0.3 is 10.8 Å². The molecular formula is C14H11BF4N2O. The molecule has 1 atom stereocenters. The summed E-state index contributed by atoms with van der Waals surface area (Å²) in [5, 5.41) is 10.3. The van der Waals surface area contributed by atoms with Gasteiger partial charge in [-0.2, -0.15) is 8.78 Å². The van der Waals surface area contributed by atoms with E-state index in [1.807, 2.05) is 0 Å². The number of halogens is 4. The summed E-state index contributed by atoms with van der Waals surface area (Å²) in [5.74, 6) is -6.31. The van der Waals surface area contributed by atoms with Crippen LogP contribution in [0.25, 0.3) is 0 Å². The van der Waals surface area contributed by atoms with Gasteiger partial charge in [0.2, 0.25) is 0 Å². The monoisotopic (exact) mass is 310 g/mol. The molecule has 8 heteroatoms. The van der Waals surface area contributed by atoms with E-state index in [1.54, 1.807) is 0 Å². The highest BCUT2D eigenvalue weighted by Crippen LogP contribution is 2.44. The smallest absolute Gasteiger partial charge is 0.323 e. The lowest BCUT2D eigenvalue weighted by Gasteiger charge is -2.35. The predicted octanol–water partition coefficient (Wildman–Crippen LogP) is 1.09. The summed E-state index contributed by atoms with van der Waals surface area (Å²) in [6.45, 7) is -1.01. The first-order valence-corrected chi connectivity index (χ1v) is 6.20. The molecule has 114 valence electrons. The lowest BCUT2D eigenvalue weighted by molar-refractivity contribution is -0.193. The van der Waals surface area contributed by atoms with Crippen molar-refractivity contribution in [1.82, 2.24) is 4.98 Å². The van der Waals surface area contributed by atoms with Gasteiger partial charge in [-0.25, -0.2) is 8.78 Å². The number of alkyl halides is 2. The van der Waals surface area contributed by atoms with Gasteiger partial charge in [0, 0.05) is 24.4 Å². The molecule has 1 aromatic carbocycles. The Labute approximate surface area is 125 Å². The Morgan fingerprint density at radius 2 is 1.86 bits per heavy atom. The molecular weight excluding hydrogens is 299 g/mol.